The van der Waals surface area contributed by atoms with E-state index in [9.17, 15) is 10.2 Å². The molecule has 4 atom stereocenters. The third-order valence-electron chi connectivity index (χ3n) is 3.21. The summed E-state index contributed by atoms with van der Waals surface area (Å²) in [6.45, 7) is 1.89. The molecular formula is C8H14O2. The zero-order chi connectivity index (χ0) is 7.35. The largest absolute Gasteiger partial charge is 0.393 e. The second-order valence-corrected chi connectivity index (χ2v) is 4.06. The van der Waals surface area contributed by atoms with E-state index in [1.807, 2.05) is 6.92 Å². The van der Waals surface area contributed by atoms with Crippen molar-refractivity contribution >= 4 is 0 Å². The fourth-order valence-corrected chi connectivity index (χ4v) is 2.53. The summed E-state index contributed by atoms with van der Waals surface area (Å²) in [6.07, 6.45) is 2.54. The molecule has 2 nitrogen and oxygen atoms in total. The van der Waals surface area contributed by atoms with E-state index >= 15 is 0 Å². The van der Waals surface area contributed by atoms with Gasteiger partial charge in [-0.05, 0) is 38.0 Å². The Morgan fingerprint density at radius 3 is 2.40 bits per heavy atom. The van der Waals surface area contributed by atoms with Crippen LogP contribution in [-0.2, 0) is 0 Å². The first-order chi connectivity index (χ1) is 4.59. The van der Waals surface area contributed by atoms with Gasteiger partial charge in [0.1, 0.15) is 0 Å². The number of rotatable bonds is 0. The minimum atomic E-state index is -0.468. The molecule has 2 fully saturated rings. The number of aliphatic hydroxyl groups is 2. The van der Waals surface area contributed by atoms with Crippen molar-refractivity contribution in [1.29, 1.82) is 0 Å². The molecule has 0 aliphatic heterocycles. The lowest BCUT2D eigenvalue weighted by Gasteiger charge is -2.30. The summed E-state index contributed by atoms with van der Waals surface area (Å²) >= 11 is 0. The Kier molecular flexibility index (Phi) is 1.15. The highest BCUT2D eigenvalue weighted by Crippen LogP contribution is 2.50. The lowest BCUT2D eigenvalue weighted by atomic mass is 9.85. The summed E-state index contributed by atoms with van der Waals surface area (Å²) in [7, 11) is 0. The van der Waals surface area contributed by atoms with Crippen molar-refractivity contribution < 1.29 is 10.2 Å². The van der Waals surface area contributed by atoms with Gasteiger partial charge in [-0.1, -0.05) is 0 Å². The Bertz CT molecular complexity index is 151. The lowest BCUT2D eigenvalue weighted by molar-refractivity contribution is -0.0284. The zero-order valence-corrected chi connectivity index (χ0v) is 6.25. The van der Waals surface area contributed by atoms with Crippen molar-refractivity contribution in [2.24, 2.45) is 11.8 Å². The first-order valence-corrected chi connectivity index (χ1v) is 4.00. The van der Waals surface area contributed by atoms with Crippen molar-refractivity contribution in [3.8, 4) is 0 Å². The first kappa shape index (κ1) is 6.62. The predicted octanol–water partition coefficient (Wildman–Crippen LogP) is 0.528. The molecule has 0 spiro atoms. The first-order valence-electron chi connectivity index (χ1n) is 4.00. The van der Waals surface area contributed by atoms with Crippen LogP contribution in [0.3, 0.4) is 0 Å². The van der Waals surface area contributed by atoms with Crippen LogP contribution in [0.5, 0.6) is 0 Å². The maximum atomic E-state index is 9.69. The van der Waals surface area contributed by atoms with Gasteiger partial charge in [0.05, 0.1) is 11.7 Å². The van der Waals surface area contributed by atoms with Gasteiger partial charge in [0.25, 0.3) is 0 Å². The van der Waals surface area contributed by atoms with Crippen LogP contribution in [-0.4, -0.2) is 21.9 Å². The topological polar surface area (TPSA) is 40.5 Å². The number of aliphatic hydroxyl groups excluding tert-OH is 1. The predicted molar refractivity (Wildman–Crippen MR) is 37.5 cm³/mol. The van der Waals surface area contributed by atoms with E-state index in [4.69, 9.17) is 0 Å². The molecule has 0 radical (unpaired) electrons. The molecule has 2 aliphatic carbocycles. The standard InChI is InChI=1S/C8H14O2/c1-8(10)4-5-2-6(8)3-7(5)9/h5-7,9-10H,2-4H2,1H3/t5-,6-,7-,8-/m0/s1. The quantitative estimate of drug-likeness (QED) is 0.518. The van der Waals surface area contributed by atoms with Crippen molar-refractivity contribution in [2.45, 2.75) is 37.9 Å². The molecule has 0 aromatic heterocycles. The van der Waals surface area contributed by atoms with Gasteiger partial charge in [-0.2, -0.15) is 0 Å². The van der Waals surface area contributed by atoms with Crippen LogP contribution in [0.2, 0.25) is 0 Å². The van der Waals surface area contributed by atoms with Crippen LogP contribution in [0.15, 0.2) is 0 Å². The van der Waals surface area contributed by atoms with Crippen LogP contribution < -0.4 is 0 Å². The van der Waals surface area contributed by atoms with Gasteiger partial charge in [-0.3, -0.25) is 0 Å². The molecule has 0 amide bonds. The normalized spacial score (nSPS) is 59.7. The lowest BCUT2D eigenvalue weighted by Crippen LogP contribution is -2.35. The third-order valence-corrected chi connectivity index (χ3v) is 3.21. The minimum absolute atomic E-state index is 0.120. The number of fused-ring (bicyclic) bond motifs is 2. The van der Waals surface area contributed by atoms with Crippen LogP contribution >= 0.6 is 0 Å². The van der Waals surface area contributed by atoms with Crippen molar-refractivity contribution in [3.63, 3.8) is 0 Å². The minimum Gasteiger partial charge on any atom is -0.393 e. The summed E-state index contributed by atoms with van der Waals surface area (Å²) in [6, 6.07) is 0. The molecule has 2 bridgehead atoms. The molecule has 2 aliphatic rings. The van der Waals surface area contributed by atoms with Crippen LogP contribution in [0, 0.1) is 11.8 Å². The fraction of sp³-hybridized carbons (Fsp3) is 1.00. The van der Waals surface area contributed by atoms with Gasteiger partial charge < -0.3 is 10.2 Å². The van der Waals surface area contributed by atoms with E-state index in [1.165, 1.54) is 0 Å². The van der Waals surface area contributed by atoms with Gasteiger partial charge in [-0.25, -0.2) is 0 Å². The summed E-state index contributed by atoms with van der Waals surface area (Å²) < 4.78 is 0. The monoisotopic (exact) mass is 142 g/mol. The Morgan fingerprint density at radius 1 is 1.40 bits per heavy atom. The molecule has 0 unspecified atom stereocenters. The molecule has 0 heterocycles. The van der Waals surface area contributed by atoms with Crippen LogP contribution in [0.4, 0.5) is 0 Å². The highest BCUT2D eigenvalue weighted by Gasteiger charge is 2.51. The van der Waals surface area contributed by atoms with E-state index < -0.39 is 5.60 Å². The van der Waals surface area contributed by atoms with Crippen LogP contribution in [0.25, 0.3) is 0 Å². The van der Waals surface area contributed by atoms with Gasteiger partial charge in [0.15, 0.2) is 0 Å². The van der Waals surface area contributed by atoms with E-state index in [1.54, 1.807) is 0 Å². The number of hydrogen-bond donors (Lipinski definition) is 2. The summed E-state index contributed by atoms with van der Waals surface area (Å²) in [5.41, 5.74) is -0.468. The number of hydrogen-bond acceptors (Lipinski definition) is 2. The molecule has 2 N–H and O–H groups in total. The second kappa shape index (κ2) is 1.74. The third kappa shape index (κ3) is 0.722. The van der Waals surface area contributed by atoms with Gasteiger partial charge in [0, 0.05) is 0 Å². The van der Waals surface area contributed by atoms with E-state index in [0.29, 0.717) is 11.8 Å². The molecule has 2 saturated carbocycles. The maximum absolute atomic E-state index is 9.69. The van der Waals surface area contributed by atoms with E-state index in [0.717, 1.165) is 19.3 Å². The average molecular weight is 142 g/mol. The van der Waals surface area contributed by atoms with Gasteiger partial charge in [0.2, 0.25) is 0 Å². The van der Waals surface area contributed by atoms with Crippen molar-refractivity contribution in [1.82, 2.24) is 0 Å². The Hall–Kier alpha value is -0.0800. The highest BCUT2D eigenvalue weighted by molar-refractivity contribution is 5.02. The molecule has 10 heavy (non-hydrogen) atoms. The van der Waals surface area contributed by atoms with E-state index in [2.05, 4.69) is 0 Å². The average Bonchev–Trinajstić information content (AvgIpc) is 2.21. The summed E-state index contributed by atoms with van der Waals surface area (Å²) in [4.78, 5) is 0. The fourth-order valence-electron chi connectivity index (χ4n) is 2.53. The van der Waals surface area contributed by atoms with Gasteiger partial charge in [-0.15, -0.1) is 0 Å². The van der Waals surface area contributed by atoms with E-state index in [-0.39, 0.29) is 6.10 Å². The Balaban J connectivity index is 2.16. The second-order valence-electron chi connectivity index (χ2n) is 4.06. The molecule has 2 heteroatoms. The summed E-state index contributed by atoms with van der Waals surface area (Å²) in [5, 5.41) is 19.0. The van der Waals surface area contributed by atoms with Crippen LogP contribution in [0.1, 0.15) is 26.2 Å². The molecule has 0 aromatic rings. The Labute approximate surface area is 60.9 Å². The smallest absolute Gasteiger partial charge is 0.0652 e. The van der Waals surface area contributed by atoms with Crippen molar-refractivity contribution in [3.05, 3.63) is 0 Å². The van der Waals surface area contributed by atoms with Crippen molar-refractivity contribution in [2.75, 3.05) is 0 Å². The zero-order valence-electron chi connectivity index (χ0n) is 6.25. The molecule has 0 aromatic carbocycles. The van der Waals surface area contributed by atoms with Gasteiger partial charge >= 0.3 is 0 Å². The SMILES string of the molecule is C[C@]1(O)C[C@@H]2C[C@H]1C[C@@H]2O. The molecular weight excluding hydrogens is 128 g/mol. The highest BCUT2D eigenvalue weighted by atomic mass is 16.3. The summed E-state index contributed by atoms with van der Waals surface area (Å²) in [5.74, 6) is 0.757. The molecule has 58 valence electrons. The maximum Gasteiger partial charge on any atom is 0.0652 e. The Morgan fingerprint density at radius 2 is 2.10 bits per heavy atom. The molecule has 2 rings (SSSR count). The molecule has 0 saturated heterocycles.